The van der Waals surface area contributed by atoms with Gasteiger partial charge in [-0.2, -0.15) is 0 Å². The molecule has 1 unspecified atom stereocenters. The third kappa shape index (κ3) is 5.38. The Labute approximate surface area is 176 Å². The zero-order valence-corrected chi connectivity index (χ0v) is 17.8. The Morgan fingerprint density at radius 2 is 1.97 bits per heavy atom. The van der Waals surface area contributed by atoms with E-state index in [-0.39, 0.29) is 5.91 Å². The van der Waals surface area contributed by atoms with E-state index < -0.39 is 0 Å². The average molecular weight is 416 g/mol. The van der Waals surface area contributed by atoms with Crippen LogP contribution in [0.1, 0.15) is 24.2 Å². The zero-order valence-electron chi connectivity index (χ0n) is 17.0. The first-order chi connectivity index (χ1) is 14.2. The summed E-state index contributed by atoms with van der Waals surface area (Å²) < 4.78 is 7.81. The van der Waals surface area contributed by atoms with Gasteiger partial charge in [-0.1, -0.05) is 42.1 Å². The summed E-state index contributed by atoms with van der Waals surface area (Å²) in [5.41, 5.74) is 1.20. The number of aromatic nitrogens is 3. The summed E-state index contributed by atoms with van der Waals surface area (Å²) in [6.07, 6.45) is 2.72. The Kier molecular flexibility index (Phi) is 6.84. The highest BCUT2D eigenvalue weighted by atomic mass is 32.2. The summed E-state index contributed by atoms with van der Waals surface area (Å²) in [5.74, 6) is 1.45. The Balaban J connectivity index is 1.26. The molecule has 7 nitrogen and oxygen atoms in total. The third-order valence-electron chi connectivity index (χ3n) is 5.62. The standard InChI is InChI=1S/C21H29N5O2S/c1-17-22-23-21(26(17)14-18-6-3-2-4-7-18)29-16-20(27)25-11-9-24(10-12-25)15-19-8-5-13-28-19/h2-4,6-7,19H,5,8-16H2,1H3. The molecule has 29 heavy (non-hydrogen) atoms. The normalized spacial score (nSPS) is 20.3. The predicted molar refractivity (Wildman–Crippen MR) is 113 cm³/mol. The van der Waals surface area contributed by atoms with Gasteiger partial charge in [0.15, 0.2) is 5.16 Å². The molecule has 1 aromatic heterocycles. The van der Waals surface area contributed by atoms with E-state index in [2.05, 4.69) is 31.8 Å². The Hall–Kier alpha value is -1.90. The van der Waals surface area contributed by atoms with Crippen LogP contribution < -0.4 is 0 Å². The van der Waals surface area contributed by atoms with Gasteiger partial charge in [0.2, 0.25) is 5.91 Å². The molecular weight excluding hydrogens is 386 g/mol. The van der Waals surface area contributed by atoms with Crippen molar-refractivity contribution >= 4 is 17.7 Å². The van der Waals surface area contributed by atoms with E-state index in [4.69, 9.17) is 4.74 Å². The van der Waals surface area contributed by atoms with Crippen molar-refractivity contribution in [2.24, 2.45) is 0 Å². The number of carbonyl (C=O) groups is 1. The topological polar surface area (TPSA) is 63.5 Å². The van der Waals surface area contributed by atoms with Gasteiger partial charge in [0.05, 0.1) is 18.4 Å². The second-order valence-corrected chi connectivity index (χ2v) is 8.65. The molecule has 8 heteroatoms. The van der Waals surface area contributed by atoms with Gasteiger partial charge in [0, 0.05) is 39.3 Å². The first-order valence-corrected chi connectivity index (χ1v) is 11.4. The van der Waals surface area contributed by atoms with Crippen LogP contribution in [0, 0.1) is 6.92 Å². The molecule has 2 aliphatic rings. The number of hydrogen-bond donors (Lipinski definition) is 0. The SMILES string of the molecule is Cc1nnc(SCC(=O)N2CCN(CC3CCCO3)CC2)n1Cc1ccccc1. The van der Waals surface area contributed by atoms with Gasteiger partial charge in [-0.05, 0) is 25.3 Å². The molecule has 4 rings (SSSR count). The van der Waals surface area contributed by atoms with Crippen molar-refractivity contribution in [2.45, 2.75) is 37.6 Å². The second kappa shape index (κ2) is 9.73. The van der Waals surface area contributed by atoms with Gasteiger partial charge in [0.25, 0.3) is 0 Å². The van der Waals surface area contributed by atoms with E-state index in [1.165, 1.54) is 30.2 Å². The lowest BCUT2D eigenvalue weighted by molar-refractivity contribution is -0.130. The highest BCUT2D eigenvalue weighted by molar-refractivity contribution is 7.99. The van der Waals surface area contributed by atoms with Crippen LogP contribution in [-0.4, -0.2) is 81.7 Å². The van der Waals surface area contributed by atoms with Gasteiger partial charge >= 0.3 is 0 Å². The molecule has 0 radical (unpaired) electrons. The van der Waals surface area contributed by atoms with Crippen molar-refractivity contribution in [3.63, 3.8) is 0 Å². The largest absolute Gasteiger partial charge is 0.377 e. The number of rotatable bonds is 7. The average Bonchev–Trinajstić information content (AvgIpc) is 3.38. The highest BCUT2D eigenvalue weighted by Gasteiger charge is 2.25. The number of aryl methyl sites for hydroxylation is 1. The fourth-order valence-electron chi connectivity index (χ4n) is 3.89. The summed E-state index contributed by atoms with van der Waals surface area (Å²) in [4.78, 5) is 17.1. The lowest BCUT2D eigenvalue weighted by atomic mass is 10.2. The summed E-state index contributed by atoms with van der Waals surface area (Å²) in [5, 5.41) is 9.29. The van der Waals surface area contributed by atoms with E-state index in [9.17, 15) is 4.79 Å². The van der Waals surface area contributed by atoms with Crippen molar-refractivity contribution in [1.82, 2.24) is 24.6 Å². The van der Waals surface area contributed by atoms with Gasteiger partial charge in [-0.3, -0.25) is 9.69 Å². The van der Waals surface area contributed by atoms with Gasteiger partial charge in [-0.15, -0.1) is 10.2 Å². The molecule has 3 heterocycles. The zero-order chi connectivity index (χ0) is 20.1. The number of nitrogens with zero attached hydrogens (tertiary/aromatic N) is 5. The molecule has 0 N–H and O–H groups in total. The summed E-state index contributed by atoms with van der Waals surface area (Å²) in [6.45, 7) is 8.02. The van der Waals surface area contributed by atoms with Gasteiger partial charge in [-0.25, -0.2) is 0 Å². The van der Waals surface area contributed by atoms with Crippen LogP contribution in [0.5, 0.6) is 0 Å². The Bertz CT molecular complexity index is 799. The lowest BCUT2D eigenvalue weighted by Gasteiger charge is -2.35. The lowest BCUT2D eigenvalue weighted by Crippen LogP contribution is -2.50. The number of hydrogen-bond acceptors (Lipinski definition) is 6. The maximum atomic E-state index is 12.7. The quantitative estimate of drug-likeness (QED) is 0.645. The summed E-state index contributed by atoms with van der Waals surface area (Å²) in [6, 6.07) is 10.3. The monoisotopic (exact) mass is 415 g/mol. The molecule has 156 valence electrons. The molecule has 1 atom stereocenters. The van der Waals surface area contributed by atoms with E-state index in [1.54, 1.807) is 0 Å². The van der Waals surface area contributed by atoms with Crippen LogP contribution in [0.3, 0.4) is 0 Å². The van der Waals surface area contributed by atoms with Crippen LogP contribution >= 0.6 is 11.8 Å². The van der Waals surface area contributed by atoms with Crippen LogP contribution in [0.4, 0.5) is 0 Å². The number of carbonyl (C=O) groups excluding carboxylic acids is 1. The minimum atomic E-state index is 0.179. The molecule has 2 fully saturated rings. The van der Waals surface area contributed by atoms with Crippen molar-refractivity contribution in [1.29, 1.82) is 0 Å². The van der Waals surface area contributed by atoms with Crippen molar-refractivity contribution in [2.75, 3.05) is 45.1 Å². The number of thioether (sulfide) groups is 1. The number of ether oxygens (including phenoxy) is 1. The van der Waals surface area contributed by atoms with Crippen molar-refractivity contribution in [3.8, 4) is 0 Å². The fourth-order valence-corrected chi connectivity index (χ4v) is 4.78. The fraction of sp³-hybridized carbons (Fsp3) is 0.571. The van der Waals surface area contributed by atoms with Crippen molar-refractivity contribution in [3.05, 3.63) is 41.7 Å². The highest BCUT2D eigenvalue weighted by Crippen LogP contribution is 2.20. The molecule has 0 aliphatic carbocycles. The number of piperazine rings is 1. The van der Waals surface area contributed by atoms with Crippen LogP contribution in [-0.2, 0) is 16.1 Å². The molecular formula is C21H29N5O2S. The second-order valence-electron chi connectivity index (χ2n) is 7.71. The Morgan fingerprint density at radius 3 is 2.69 bits per heavy atom. The van der Waals surface area contributed by atoms with E-state index in [1.807, 2.05) is 30.0 Å². The Morgan fingerprint density at radius 1 is 1.17 bits per heavy atom. The molecule has 0 bridgehead atoms. The van der Waals surface area contributed by atoms with Crippen LogP contribution in [0.2, 0.25) is 0 Å². The molecule has 2 aliphatic heterocycles. The van der Waals surface area contributed by atoms with Gasteiger partial charge in [0.1, 0.15) is 5.82 Å². The van der Waals surface area contributed by atoms with E-state index in [0.29, 0.717) is 11.9 Å². The van der Waals surface area contributed by atoms with E-state index >= 15 is 0 Å². The van der Waals surface area contributed by atoms with Gasteiger partial charge < -0.3 is 14.2 Å². The van der Waals surface area contributed by atoms with Crippen molar-refractivity contribution < 1.29 is 9.53 Å². The molecule has 0 saturated carbocycles. The third-order valence-corrected chi connectivity index (χ3v) is 6.57. The predicted octanol–water partition coefficient (Wildman–Crippen LogP) is 2.05. The molecule has 2 saturated heterocycles. The minimum Gasteiger partial charge on any atom is -0.377 e. The van der Waals surface area contributed by atoms with Crippen LogP contribution in [0.15, 0.2) is 35.5 Å². The maximum absolute atomic E-state index is 12.7. The molecule has 2 aromatic rings. The molecule has 1 aromatic carbocycles. The molecule has 1 amide bonds. The minimum absolute atomic E-state index is 0.179. The smallest absolute Gasteiger partial charge is 0.233 e. The van der Waals surface area contributed by atoms with Crippen LogP contribution in [0.25, 0.3) is 0 Å². The number of benzene rings is 1. The first kappa shape index (κ1) is 20.4. The van der Waals surface area contributed by atoms with E-state index in [0.717, 1.165) is 56.9 Å². The first-order valence-electron chi connectivity index (χ1n) is 10.4. The summed E-state index contributed by atoms with van der Waals surface area (Å²) in [7, 11) is 0. The maximum Gasteiger partial charge on any atom is 0.233 e. The molecule has 0 spiro atoms. The summed E-state index contributed by atoms with van der Waals surface area (Å²) >= 11 is 1.48. The number of amides is 1.